The lowest BCUT2D eigenvalue weighted by atomic mass is 10.0. The fraction of sp³-hybridized carbons (Fsp3) is 0.429. The minimum Gasteiger partial charge on any atom is -0.424 e. The van der Waals surface area contributed by atoms with Gasteiger partial charge in [-0.3, -0.25) is 4.79 Å². The van der Waals surface area contributed by atoms with Crippen LogP contribution in [0.5, 0.6) is 0 Å². The van der Waals surface area contributed by atoms with Gasteiger partial charge in [-0.1, -0.05) is 24.3 Å². The van der Waals surface area contributed by atoms with Gasteiger partial charge in [0.1, 0.15) is 17.4 Å². The lowest BCUT2D eigenvalue weighted by Crippen LogP contribution is -2.34. The second-order valence-corrected chi connectivity index (χ2v) is 7.09. The minimum atomic E-state index is -0.557. The zero-order valence-corrected chi connectivity index (χ0v) is 15.0. The lowest BCUT2D eigenvalue weighted by molar-refractivity contribution is 0.0731. The van der Waals surface area contributed by atoms with Crippen molar-refractivity contribution in [2.75, 3.05) is 13.2 Å². The summed E-state index contributed by atoms with van der Waals surface area (Å²) in [6.45, 7) is 3.65. The van der Waals surface area contributed by atoms with Crippen LogP contribution in [0.1, 0.15) is 58.2 Å². The number of carbonyl (C=O) groups excluding carboxylic acids is 1. The predicted molar refractivity (Wildman–Crippen MR) is 97.1 cm³/mol. The Balaban J connectivity index is 1.63. The van der Waals surface area contributed by atoms with Gasteiger partial charge in [0.2, 0.25) is 0 Å². The number of amides is 1. The van der Waals surface area contributed by atoms with Crippen LogP contribution < -0.4 is 5.63 Å². The van der Waals surface area contributed by atoms with Gasteiger partial charge in [-0.25, -0.2) is 4.79 Å². The van der Waals surface area contributed by atoms with Crippen molar-refractivity contribution in [2.45, 2.75) is 45.3 Å². The summed E-state index contributed by atoms with van der Waals surface area (Å²) in [4.78, 5) is 27.4. The summed E-state index contributed by atoms with van der Waals surface area (Å²) < 4.78 is 11.1. The first-order valence-corrected chi connectivity index (χ1v) is 9.26. The van der Waals surface area contributed by atoms with Crippen molar-refractivity contribution in [3.05, 3.63) is 68.8 Å². The molecule has 2 aliphatic rings. The maximum Gasteiger partial charge on any atom is 0.349 e. The normalized spacial score (nSPS) is 19.9. The van der Waals surface area contributed by atoms with E-state index in [4.69, 9.17) is 9.15 Å². The second-order valence-electron chi connectivity index (χ2n) is 7.09. The summed E-state index contributed by atoms with van der Waals surface area (Å²) in [7, 11) is 0. The molecule has 1 fully saturated rings. The molecule has 2 aliphatic heterocycles. The molecule has 1 aromatic carbocycles. The molecule has 0 aliphatic carbocycles. The molecule has 136 valence electrons. The minimum absolute atomic E-state index is 0.145. The Labute approximate surface area is 152 Å². The van der Waals surface area contributed by atoms with E-state index in [9.17, 15) is 9.59 Å². The molecule has 1 saturated heterocycles. The van der Waals surface area contributed by atoms with Gasteiger partial charge in [-0.05, 0) is 55.4 Å². The van der Waals surface area contributed by atoms with Gasteiger partial charge in [0.25, 0.3) is 5.91 Å². The molecule has 0 saturated carbocycles. The summed E-state index contributed by atoms with van der Waals surface area (Å²) in [6, 6.07) is 9.97. The molecule has 2 aromatic rings. The van der Waals surface area contributed by atoms with Crippen LogP contribution in [0.2, 0.25) is 0 Å². The fourth-order valence-corrected chi connectivity index (χ4v) is 3.88. The maximum atomic E-state index is 13.1. The molecule has 4 rings (SSSR count). The summed E-state index contributed by atoms with van der Waals surface area (Å²) in [5.74, 6) is 0.287. The van der Waals surface area contributed by atoms with Gasteiger partial charge in [0.15, 0.2) is 0 Å². The highest BCUT2D eigenvalue weighted by atomic mass is 16.5. The van der Waals surface area contributed by atoms with E-state index < -0.39 is 5.63 Å². The molecule has 0 spiro atoms. The number of aryl methyl sites for hydroxylation is 2. The highest BCUT2D eigenvalue weighted by Gasteiger charge is 2.27. The van der Waals surface area contributed by atoms with Gasteiger partial charge in [0, 0.05) is 19.7 Å². The average molecular weight is 353 g/mol. The van der Waals surface area contributed by atoms with Crippen LogP contribution in [0.25, 0.3) is 0 Å². The number of carbonyl (C=O) groups is 1. The monoisotopic (exact) mass is 353 g/mol. The molecule has 1 unspecified atom stereocenters. The third-order valence-electron chi connectivity index (χ3n) is 5.27. The third-order valence-corrected chi connectivity index (χ3v) is 5.27. The zero-order chi connectivity index (χ0) is 18.1. The van der Waals surface area contributed by atoms with Gasteiger partial charge in [0.05, 0.1) is 0 Å². The predicted octanol–water partition coefficient (Wildman–Crippen LogP) is 3.39. The van der Waals surface area contributed by atoms with E-state index in [0.717, 1.165) is 31.2 Å². The van der Waals surface area contributed by atoms with E-state index in [1.54, 1.807) is 17.9 Å². The number of ether oxygens (including phenoxy) is 1. The van der Waals surface area contributed by atoms with E-state index in [-0.39, 0.29) is 17.6 Å². The van der Waals surface area contributed by atoms with Crippen LogP contribution in [0.15, 0.2) is 39.5 Å². The highest BCUT2D eigenvalue weighted by Crippen LogP contribution is 2.29. The molecular formula is C21H23NO4. The molecule has 5 heteroatoms. The first-order valence-electron chi connectivity index (χ1n) is 9.26. The largest absolute Gasteiger partial charge is 0.424 e. The first-order chi connectivity index (χ1) is 12.6. The van der Waals surface area contributed by atoms with Gasteiger partial charge in [-0.15, -0.1) is 0 Å². The molecule has 3 heterocycles. The van der Waals surface area contributed by atoms with Gasteiger partial charge >= 0.3 is 5.63 Å². The van der Waals surface area contributed by atoms with Crippen molar-refractivity contribution in [3.63, 3.8) is 0 Å². The molecule has 1 atom stereocenters. The summed E-state index contributed by atoms with van der Waals surface area (Å²) in [5, 5.41) is 0. The highest BCUT2D eigenvalue weighted by molar-refractivity contribution is 5.95. The van der Waals surface area contributed by atoms with Crippen molar-refractivity contribution >= 4 is 5.91 Å². The lowest BCUT2D eigenvalue weighted by Gasteiger charge is -2.21. The van der Waals surface area contributed by atoms with Crippen LogP contribution in [0.4, 0.5) is 0 Å². The van der Waals surface area contributed by atoms with E-state index in [1.807, 2.05) is 12.1 Å². The average Bonchev–Trinajstić information content (AvgIpc) is 3.07. The van der Waals surface area contributed by atoms with Crippen molar-refractivity contribution in [1.82, 2.24) is 4.90 Å². The Bertz CT molecular complexity index is 880. The van der Waals surface area contributed by atoms with Crippen molar-refractivity contribution in [2.24, 2.45) is 0 Å². The van der Waals surface area contributed by atoms with Crippen LogP contribution in [-0.2, 0) is 17.7 Å². The van der Waals surface area contributed by atoms with Gasteiger partial charge in [-0.2, -0.15) is 0 Å². The maximum absolute atomic E-state index is 13.1. The summed E-state index contributed by atoms with van der Waals surface area (Å²) in [6.07, 6.45) is 3.47. The van der Waals surface area contributed by atoms with E-state index in [2.05, 4.69) is 12.1 Å². The Hall–Kier alpha value is -2.40. The number of fused-ring (bicyclic) bond motifs is 1. The van der Waals surface area contributed by atoms with Crippen molar-refractivity contribution in [1.29, 1.82) is 0 Å². The van der Waals surface area contributed by atoms with Crippen LogP contribution in [0, 0.1) is 6.92 Å². The van der Waals surface area contributed by atoms with Gasteiger partial charge < -0.3 is 14.1 Å². The number of hydrogen-bond acceptors (Lipinski definition) is 4. The number of hydrogen-bond donors (Lipinski definition) is 0. The Morgan fingerprint density at radius 3 is 2.73 bits per heavy atom. The van der Waals surface area contributed by atoms with Crippen molar-refractivity contribution < 1.29 is 13.9 Å². The quantitative estimate of drug-likeness (QED) is 0.830. The van der Waals surface area contributed by atoms with Crippen LogP contribution >= 0.6 is 0 Å². The Morgan fingerprint density at radius 1 is 1.19 bits per heavy atom. The molecule has 0 N–H and O–H groups in total. The SMILES string of the molecule is Cc1cc(C2CCCO2)oc(=O)c1C(=O)N1CCCc2ccccc2C1. The fourth-order valence-electron chi connectivity index (χ4n) is 3.88. The smallest absolute Gasteiger partial charge is 0.349 e. The molecule has 5 nitrogen and oxygen atoms in total. The van der Waals surface area contributed by atoms with E-state index >= 15 is 0 Å². The molecule has 0 radical (unpaired) electrons. The van der Waals surface area contributed by atoms with E-state index in [0.29, 0.717) is 31.0 Å². The Morgan fingerprint density at radius 2 is 2.00 bits per heavy atom. The first kappa shape index (κ1) is 17.0. The molecular weight excluding hydrogens is 330 g/mol. The topological polar surface area (TPSA) is 59.8 Å². The Kier molecular flexibility index (Phi) is 4.64. The standard InChI is InChI=1S/C21H23NO4/c1-14-12-18(17-9-5-11-25-17)26-21(24)19(14)20(23)22-10-4-8-15-6-2-3-7-16(15)13-22/h2-3,6-7,12,17H,4-5,8-11,13H2,1H3. The molecule has 1 aromatic heterocycles. The molecule has 0 bridgehead atoms. The number of rotatable bonds is 2. The second kappa shape index (κ2) is 7.08. The van der Waals surface area contributed by atoms with Crippen LogP contribution in [-0.4, -0.2) is 24.0 Å². The third kappa shape index (κ3) is 3.19. The molecule has 26 heavy (non-hydrogen) atoms. The van der Waals surface area contributed by atoms with Crippen molar-refractivity contribution in [3.8, 4) is 0 Å². The van der Waals surface area contributed by atoms with Crippen LogP contribution in [0.3, 0.4) is 0 Å². The summed E-state index contributed by atoms with van der Waals surface area (Å²) >= 11 is 0. The molecule has 1 amide bonds. The number of benzene rings is 1. The van der Waals surface area contributed by atoms with E-state index in [1.165, 1.54) is 5.56 Å². The summed E-state index contributed by atoms with van der Waals surface area (Å²) in [5.41, 5.74) is 2.68. The number of nitrogens with zero attached hydrogens (tertiary/aromatic N) is 1. The zero-order valence-electron chi connectivity index (χ0n) is 15.0.